The van der Waals surface area contributed by atoms with Gasteiger partial charge in [-0.1, -0.05) is 0 Å². The van der Waals surface area contributed by atoms with Crippen molar-refractivity contribution in [1.29, 1.82) is 0 Å². The van der Waals surface area contributed by atoms with Crippen LogP contribution in [0.25, 0.3) is 0 Å². The Morgan fingerprint density at radius 3 is 2.21 bits per heavy atom. The topological polar surface area (TPSA) is 145 Å². The highest BCUT2D eigenvalue weighted by molar-refractivity contribution is 7.90. The first-order valence-corrected chi connectivity index (χ1v) is 7.12. The Morgan fingerprint density at radius 2 is 1.89 bits per heavy atom. The molecule has 0 aliphatic rings. The largest absolute Gasteiger partial charge is 0.494 e. The molecule has 1 aromatic rings. The molecule has 0 aliphatic heterocycles. The molecule has 0 bridgehead atoms. The smallest absolute Gasteiger partial charge is 0.273 e. The van der Waals surface area contributed by atoms with Gasteiger partial charge in [-0.25, -0.2) is 8.42 Å². The van der Waals surface area contributed by atoms with E-state index in [9.17, 15) is 23.1 Å². The Morgan fingerprint density at radius 1 is 1.42 bits per heavy atom. The van der Waals surface area contributed by atoms with Crippen molar-refractivity contribution in [2.75, 3.05) is 6.26 Å². The predicted molar refractivity (Wildman–Crippen MR) is 67.6 cm³/mol. The molecular weight excluding hydrogens is 274 g/mol. The van der Waals surface area contributed by atoms with Gasteiger partial charge in [0.15, 0.2) is 9.84 Å². The molecule has 1 heterocycles. The molecule has 9 heteroatoms. The lowest BCUT2D eigenvalue weighted by Gasteiger charge is -2.18. The van der Waals surface area contributed by atoms with Crippen molar-refractivity contribution in [3.8, 4) is 5.88 Å². The molecule has 0 radical (unpaired) electrons. The van der Waals surface area contributed by atoms with Crippen LogP contribution >= 0.6 is 0 Å². The van der Waals surface area contributed by atoms with E-state index in [1.54, 1.807) is 0 Å². The first kappa shape index (κ1) is 15.2. The fourth-order valence-corrected chi connectivity index (χ4v) is 2.95. The number of hydrogen-bond donors (Lipinski definition) is 3. The molecule has 0 saturated carbocycles. The quantitative estimate of drug-likeness (QED) is 0.640. The molecule has 0 spiro atoms. The molecule has 0 aliphatic carbocycles. The molecular formula is C10H15N3O5S. The molecule has 1 rings (SSSR count). The minimum atomic E-state index is -3.90. The van der Waals surface area contributed by atoms with E-state index in [1.165, 1.54) is 13.8 Å². The molecule has 106 valence electrons. The zero-order valence-corrected chi connectivity index (χ0v) is 11.5. The SMILES string of the molecule is Cc1c(C(N)=O)c(O)n(C(C)N)c(=O)c1S(C)(=O)=O. The lowest BCUT2D eigenvalue weighted by atomic mass is 10.1. The Bertz CT molecular complexity index is 703. The zero-order valence-electron chi connectivity index (χ0n) is 10.7. The van der Waals surface area contributed by atoms with Crippen LogP contribution in [-0.4, -0.2) is 30.3 Å². The summed E-state index contributed by atoms with van der Waals surface area (Å²) in [4.78, 5) is 22.8. The van der Waals surface area contributed by atoms with Crippen molar-refractivity contribution in [2.24, 2.45) is 11.5 Å². The van der Waals surface area contributed by atoms with E-state index in [4.69, 9.17) is 11.5 Å². The van der Waals surface area contributed by atoms with E-state index in [2.05, 4.69) is 0 Å². The van der Waals surface area contributed by atoms with Gasteiger partial charge in [0.25, 0.3) is 11.5 Å². The Kier molecular flexibility index (Phi) is 3.73. The maximum atomic E-state index is 12.1. The summed E-state index contributed by atoms with van der Waals surface area (Å²) in [5.41, 5.74) is 8.99. The van der Waals surface area contributed by atoms with E-state index in [-0.39, 0.29) is 5.56 Å². The Labute approximate surface area is 109 Å². The van der Waals surface area contributed by atoms with Crippen LogP contribution in [0.15, 0.2) is 9.69 Å². The number of carbonyl (C=O) groups excluding carboxylic acids is 1. The molecule has 0 aromatic carbocycles. The van der Waals surface area contributed by atoms with Gasteiger partial charge in [-0.3, -0.25) is 14.2 Å². The van der Waals surface area contributed by atoms with Crippen molar-refractivity contribution in [3.05, 3.63) is 21.5 Å². The normalized spacial score (nSPS) is 13.3. The van der Waals surface area contributed by atoms with Gasteiger partial charge in [0, 0.05) is 6.26 Å². The second kappa shape index (κ2) is 4.67. The molecule has 1 atom stereocenters. The lowest BCUT2D eigenvalue weighted by Crippen LogP contribution is -2.34. The fraction of sp³-hybridized carbons (Fsp3) is 0.400. The number of pyridine rings is 1. The fourth-order valence-electron chi connectivity index (χ4n) is 1.88. The van der Waals surface area contributed by atoms with Crippen LogP contribution in [-0.2, 0) is 9.84 Å². The zero-order chi connectivity index (χ0) is 15.1. The highest BCUT2D eigenvalue weighted by Gasteiger charge is 2.28. The molecule has 8 nitrogen and oxygen atoms in total. The third kappa shape index (κ3) is 2.47. The van der Waals surface area contributed by atoms with Gasteiger partial charge in [0.2, 0.25) is 5.88 Å². The van der Waals surface area contributed by atoms with Crippen molar-refractivity contribution in [2.45, 2.75) is 24.9 Å². The van der Waals surface area contributed by atoms with E-state index >= 15 is 0 Å². The minimum absolute atomic E-state index is 0.186. The molecule has 1 amide bonds. The summed E-state index contributed by atoms with van der Waals surface area (Å²) in [7, 11) is -3.90. The van der Waals surface area contributed by atoms with Crippen LogP contribution < -0.4 is 17.0 Å². The van der Waals surface area contributed by atoms with Crippen LogP contribution in [0.4, 0.5) is 0 Å². The van der Waals surface area contributed by atoms with Crippen molar-refractivity contribution in [3.63, 3.8) is 0 Å². The third-order valence-corrected chi connectivity index (χ3v) is 3.83. The van der Waals surface area contributed by atoms with Crippen LogP contribution in [0, 0.1) is 6.92 Å². The van der Waals surface area contributed by atoms with E-state index in [1.807, 2.05) is 0 Å². The van der Waals surface area contributed by atoms with Crippen LogP contribution in [0.3, 0.4) is 0 Å². The van der Waals surface area contributed by atoms with Crippen LogP contribution in [0.5, 0.6) is 5.88 Å². The number of aromatic hydroxyl groups is 1. The molecule has 1 aromatic heterocycles. The van der Waals surface area contributed by atoms with E-state index < -0.39 is 43.8 Å². The van der Waals surface area contributed by atoms with Crippen molar-refractivity contribution in [1.82, 2.24) is 4.57 Å². The standard InChI is InChI=1S/C10H15N3O5S/c1-4-6(8(12)14)9(15)13(5(2)11)10(16)7(4)19(3,17)18/h5,15H,11H2,1-3H3,(H2,12,14). The summed E-state index contributed by atoms with van der Waals surface area (Å²) >= 11 is 0. The molecule has 5 N–H and O–H groups in total. The number of nitrogens with zero attached hydrogens (tertiary/aromatic N) is 1. The molecule has 0 saturated heterocycles. The summed E-state index contributed by atoms with van der Waals surface area (Å²) in [6.07, 6.45) is -0.198. The highest BCUT2D eigenvalue weighted by Crippen LogP contribution is 2.25. The summed E-state index contributed by atoms with van der Waals surface area (Å²) in [6, 6.07) is 0. The van der Waals surface area contributed by atoms with Gasteiger partial charge in [0.1, 0.15) is 10.5 Å². The predicted octanol–water partition coefficient (Wildman–Crippen LogP) is -1.16. The van der Waals surface area contributed by atoms with Crippen LogP contribution in [0.1, 0.15) is 29.0 Å². The Balaban J connectivity index is 4.09. The van der Waals surface area contributed by atoms with Crippen molar-refractivity contribution >= 4 is 15.7 Å². The summed E-state index contributed by atoms with van der Waals surface area (Å²) in [5, 5.41) is 9.87. The number of carbonyl (C=O) groups is 1. The monoisotopic (exact) mass is 289 g/mol. The van der Waals surface area contributed by atoms with Gasteiger partial charge >= 0.3 is 0 Å². The number of sulfone groups is 1. The number of amides is 1. The van der Waals surface area contributed by atoms with Gasteiger partial charge in [0.05, 0.1) is 6.17 Å². The maximum absolute atomic E-state index is 12.1. The molecule has 1 unspecified atom stereocenters. The number of primary amides is 1. The first-order chi connectivity index (χ1) is 8.50. The summed E-state index contributed by atoms with van der Waals surface area (Å²) in [6.45, 7) is 2.58. The number of aromatic nitrogens is 1. The van der Waals surface area contributed by atoms with Gasteiger partial charge in [-0.15, -0.1) is 0 Å². The van der Waals surface area contributed by atoms with Crippen molar-refractivity contribution < 1.29 is 18.3 Å². The second-order valence-electron chi connectivity index (χ2n) is 4.20. The number of hydrogen-bond acceptors (Lipinski definition) is 6. The van der Waals surface area contributed by atoms with Crippen LogP contribution in [0.2, 0.25) is 0 Å². The number of rotatable bonds is 3. The molecule has 0 fully saturated rings. The number of nitrogens with two attached hydrogens (primary N) is 2. The van der Waals surface area contributed by atoms with E-state index in [0.717, 1.165) is 6.26 Å². The van der Waals surface area contributed by atoms with E-state index in [0.29, 0.717) is 4.57 Å². The first-order valence-electron chi connectivity index (χ1n) is 5.23. The molecule has 19 heavy (non-hydrogen) atoms. The summed E-state index contributed by atoms with van der Waals surface area (Å²) in [5.74, 6) is -1.79. The Hall–Kier alpha value is -1.87. The summed E-state index contributed by atoms with van der Waals surface area (Å²) < 4.78 is 23.9. The van der Waals surface area contributed by atoms with Gasteiger partial charge < -0.3 is 16.6 Å². The van der Waals surface area contributed by atoms with Gasteiger partial charge in [-0.05, 0) is 19.4 Å². The maximum Gasteiger partial charge on any atom is 0.273 e. The van der Waals surface area contributed by atoms with Gasteiger partial charge in [-0.2, -0.15) is 0 Å². The average molecular weight is 289 g/mol. The minimum Gasteiger partial charge on any atom is -0.494 e. The average Bonchev–Trinajstić information content (AvgIpc) is 2.12. The second-order valence-corrected chi connectivity index (χ2v) is 6.16. The highest BCUT2D eigenvalue weighted by atomic mass is 32.2. The lowest BCUT2D eigenvalue weighted by molar-refractivity contribution is 0.0994. The third-order valence-electron chi connectivity index (χ3n) is 2.60.